The van der Waals surface area contributed by atoms with Crippen LogP contribution in [0, 0.1) is 0 Å². The zero-order valence-electron chi connectivity index (χ0n) is 17.0. The van der Waals surface area contributed by atoms with Crippen molar-refractivity contribution in [1.82, 2.24) is 0 Å². The first kappa shape index (κ1) is 21.7. The lowest BCUT2D eigenvalue weighted by Crippen LogP contribution is -2.13. The number of carbonyl (C=O) groups excluding carboxylic acids is 1. The molecule has 2 saturated heterocycles. The van der Waals surface area contributed by atoms with Crippen molar-refractivity contribution < 1.29 is 19.0 Å². The summed E-state index contributed by atoms with van der Waals surface area (Å²) in [7, 11) is 0. The van der Waals surface area contributed by atoms with E-state index in [0.29, 0.717) is 18.8 Å². The van der Waals surface area contributed by atoms with Gasteiger partial charge in [-0.15, -0.1) is 0 Å². The van der Waals surface area contributed by atoms with Gasteiger partial charge in [-0.05, 0) is 39.0 Å². The second-order valence-corrected chi connectivity index (χ2v) is 8.00. The number of rotatable bonds is 15. The summed E-state index contributed by atoms with van der Waals surface area (Å²) in [5.74, 6) is -0.183. The van der Waals surface area contributed by atoms with Crippen LogP contribution in [0.15, 0.2) is 0 Å². The molecule has 0 aromatic carbocycles. The Morgan fingerprint density at radius 3 is 2.00 bits per heavy atom. The molecule has 4 atom stereocenters. The number of unbranched alkanes of at least 4 members (excludes halogenated alkanes) is 7. The first-order valence-corrected chi connectivity index (χ1v) is 11.2. The molecule has 0 saturated carbocycles. The Balaban J connectivity index is 1.36. The quantitative estimate of drug-likeness (QED) is 0.215. The van der Waals surface area contributed by atoms with E-state index in [1.54, 1.807) is 0 Å². The first-order valence-electron chi connectivity index (χ1n) is 11.2. The maximum absolute atomic E-state index is 11.5. The summed E-state index contributed by atoms with van der Waals surface area (Å²) in [6, 6.07) is 0. The van der Waals surface area contributed by atoms with Gasteiger partial charge >= 0.3 is 5.97 Å². The monoisotopic (exact) mass is 368 g/mol. The number of hydrogen-bond acceptors (Lipinski definition) is 4. The molecule has 2 fully saturated rings. The first-order chi connectivity index (χ1) is 12.7. The summed E-state index contributed by atoms with van der Waals surface area (Å²) >= 11 is 0. The van der Waals surface area contributed by atoms with Crippen LogP contribution in [0.5, 0.6) is 0 Å². The standard InChI is InChI=1S/C22H40O4/c1-3-5-6-10-13-18-16-17-19(25-18)14-11-8-7-9-12-15-20-21(26-20)22(23)24-4-2/h18-21H,3-17H2,1-2H3. The van der Waals surface area contributed by atoms with Crippen molar-refractivity contribution in [3.63, 3.8) is 0 Å². The van der Waals surface area contributed by atoms with Crippen molar-refractivity contribution in [2.45, 2.75) is 128 Å². The van der Waals surface area contributed by atoms with E-state index in [0.717, 1.165) is 12.8 Å². The minimum absolute atomic E-state index is 0.121. The van der Waals surface area contributed by atoms with Gasteiger partial charge in [0.2, 0.25) is 0 Å². The summed E-state index contributed by atoms with van der Waals surface area (Å²) in [5.41, 5.74) is 0. The number of epoxide rings is 1. The lowest BCUT2D eigenvalue weighted by Gasteiger charge is -2.13. The van der Waals surface area contributed by atoms with E-state index in [1.165, 1.54) is 77.0 Å². The Labute approximate surface area is 160 Å². The largest absolute Gasteiger partial charge is 0.464 e. The Kier molecular flexibility index (Phi) is 10.6. The minimum Gasteiger partial charge on any atom is -0.464 e. The second-order valence-electron chi connectivity index (χ2n) is 8.00. The predicted molar refractivity (Wildman–Crippen MR) is 104 cm³/mol. The molecule has 4 heteroatoms. The van der Waals surface area contributed by atoms with Crippen molar-refractivity contribution in [3.8, 4) is 0 Å². The predicted octanol–water partition coefficient (Wildman–Crippen LogP) is 5.57. The summed E-state index contributed by atoms with van der Waals surface area (Å²) in [5, 5.41) is 0. The van der Waals surface area contributed by atoms with Gasteiger partial charge in [0.1, 0.15) is 0 Å². The molecule has 0 amide bonds. The Hall–Kier alpha value is -0.610. The van der Waals surface area contributed by atoms with Gasteiger partial charge in [0.25, 0.3) is 0 Å². The number of ether oxygens (including phenoxy) is 3. The van der Waals surface area contributed by atoms with Crippen LogP contribution < -0.4 is 0 Å². The zero-order chi connectivity index (χ0) is 18.6. The van der Waals surface area contributed by atoms with Crippen molar-refractivity contribution in [2.24, 2.45) is 0 Å². The molecule has 2 aliphatic rings. The molecule has 4 unspecified atom stereocenters. The molecule has 26 heavy (non-hydrogen) atoms. The van der Waals surface area contributed by atoms with Crippen LogP contribution in [0.25, 0.3) is 0 Å². The third kappa shape index (κ3) is 8.39. The van der Waals surface area contributed by atoms with E-state index in [9.17, 15) is 4.79 Å². The maximum Gasteiger partial charge on any atom is 0.337 e. The minimum atomic E-state index is -0.274. The third-order valence-corrected chi connectivity index (χ3v) is 5.69. The van der Waals surface area contributed by atoms with Crippen molar-refractivity contribution in [1.29, 1.82) is 0 Å². The summed E-state index contributed by atoms with van der Waals surface area (Å²) in [6.45, 7) is 4.54. The van der Waals surface area contributed by atoms with Gasteiger partial charge in [-0.2, -0.15) is 0 Å². The van der Waals surface area contributed by atoms with Gasteiger partial charge in [-0.1, -0.05) is 64.7 Å². The molecule has 0 bridgehead atoms. The zero-order valence-corrected chi connectivity index (χ0v) is 17.0. The van der Waals surface area contributed by atoms with Crippen LogP contribution in [0.2, 0.25) is 0 Å². The molecule has 2 rings (SSSR count). The van der Waals surface area contributed by atoms with Gasteiger partial charge < -0.3 is 14.2 Å². The van der Waals surface area contributed by atoms with Crippen LogP contribution in [-0.2, 0) is 19.0 Å². The summed E-state index contributed by atoms with van der Waals surface area (Å²) in [6.07, 6.45) is 18.6. The SMILES string of the molecule is CCCCCCC1CCC(CCCCCCCC2OC2C(=O)OCC)O1. The smallest absolute Gasteiger partial charge is 0.337 e. The second kappa shape index (κ2) is 12.7. The van der Waals surface area contributed by atoms with Crippen LogP contribution in [0.1, 0.15) is 104 Å². The number of hydrogen-bond donors (Lipinski definition) is 0. The Bertz CT molecular complexity index is 384. The van der Waals surface area contributed by atoms with Crippen LogP contribution in [0.3, 0.4) is 0 Å². The highest BCUT2D eigenvalue weighted by Crippen LogP contribution is 2.29. The summed E-state index contributed by atoms with van der Waals surface area (Å²) in [4.78, 5) is 11.5. The van der Waals surface area contributed by atoms with Crippen molar-refractivity contribution in [3.05, 3.63) is 0 Å². The molecule has 0 N–H and O–H groups in total. The fraction of sp³-hybridized carbons (Fsp3) is 0.955. The average Bonchev–Trinajstić information content (AvgIpc) is 3.28. The van der Waals surface area contributed by atoms with E-state index in [1.807, 2.05) is 6.92 Å². The van der Waals surface area contributed by atoms with Crippen molar-refractivity contribution >= 4 is 5.97 Å². The fourth-order valence-corrected chi connectivity index (χ4v) is 4.05. The lowest BCUT2D eigenvalue weighted by atomic mass is 10.0. The highest BCUT2D eigenvalue weighted by Gasteiger charge is 2.45. The molecule has 2 heterocycles. The molecule has 0 aromatic rings. The Morgan fingerprint density at radius 2 is 1.38 bits per heavy atom. The molecule has 0 aliphatic carbocycles. The lowest BCUT2D eigenvalue weighted by molar-refractivity contribution is -0.144. The highest BCUT2D eigenvalue weighted by molar-refractivity contribution is 5.77. The molecule has 2 aliphatic heterocycles. The third-order valence-electron chi connectivity index (χ3n) is 5.69. The average molecular weight is 369 g/mol. The van der Waals surface area contributed by atoms with Gasteiger partial charge in [0.15, 0.2) is 6.10 Å². The molecular formula is C22H40O4. The van der Waals surface area contributed by atoms with Crippen LogP contribution in [0.4, 0.5) is 0 Å². The van der Waals surface area contributed by atoms with Crippen LogP contribution >= 0.6 is 0 Å². The molecule has 0 aromatic heterocycles. The molecule has 0 spiro atoms. The molecule has 0 radical (unpaired) electrons. The molecular weight excluding hydrogens is 328 g/mol. The molecule has 152 valence electrons. The van der Waals surface area contributed by atoms with Crippen LogP contribution in [-0.4, -0.2) is 37.0 Å². The Morgan fingerprint density at radius 1 is 0.808 bits per heavy atom. The van der Waals surface area contributed by atoms with E-state index < -0.39 is 0 Å². The van der Waals surface area contributed by atoms with Gasteiger partial charge in [-0.3, -0.25) is 0 Å². The normalized spacial score (nSPS) is 27.6. The van der Waals surface area contributed by atoms with E-state index in [2.05, 4.69) is 6.92 Å². The molecule has 4 nitrogen and oxygen atoms in total. The maximum atomic E-state index is 11.5. The number of esters is 1. The van der Waals surface area contributed by atoms with Crippen molar-refractivity contribution in [2.75, 3.05) is 6.61 Å². The van der Waals surface area contributed by atoms with Gasteiger partial charge in [-0.25, -0.2) is 4.79 Å². The van der Waals surface area contributed by atoms with Gasteiger partial charge in [0.05, 0.1) is 24.9 Å². The number of carbonyl (C=O) groups is 1. The topological polar surface area (TPSA) is 48.1 Å². The van der Waals surface area contributed by atoms with E-state index in [4.69, 9.17) is 14.2 Å². The van der Waals surface area contributed by atoms with E-state index in [-0.39, 0.29) is 18.2 Å². The fourth-order valence-electron chi connectivity index (χ4n) is 4.05. The van der Waals surface area contributed by atoms with E-state index >= 15 is 0 Å². The summed E-state index contributed by atoms with van der Waals surface area (Å²) < 4.78 is 16.6. The van der Waals surface area contributed by atoms with Gasteiger partial charge in [0, 0.05) is 0 Å². The highest BCUT2D eigenvalue weighted by atomic mass is 16.6.